The Balaban J connectivity index is 1.66. The molecule has 2 aliphatic rings. The zero-order valence-electron chi connectivity index (χ0n) is 18.0. The van der Waals surface area contributed by atoms with E-state index in [1.165, 1.54) is 35.9 Å². The second-order valence-corrected chi connectivity index (χ2v) is 11.2. The number of hydrogen-bond donors (Lipinski definition) is 4. The Morgan fingerprint density at radius 1 is 1.21 bits per heavy atom. The maximum atomic E-state index is 12.6. The molecular weight excluding hydrogens is 476 g/mol. The van der Waals surface area contributed by atoms with Gasteiger partial charge in [0, 0.05) is 11.9 Å². The number of hydrogen-bond acceptors (Lipinski definition) is 8. The minimum Gasteiger partial charge on any atom is -0.480 e. The van der Waals surface area contributed by atoms with E-state index >= 15 is 0 Å². The van der Waals surface area contributed by atoms with Gasteiger partial charge in [-0.15, -0.1) is 11.8 Å². The summed E-state index contributed by atoms with van der Waals surface area (Å²) in [4.78, 5) is 49.5. The molecule has 2 aliphatic heterocycles. The molecule has 0 radical (unpaired) electrons. The van der Waals surface area contributed by atoms with Crippen LogP contribution in [0.4, 0.5) is 5.69 Å². The Hall–Kier alpha value is -2.84. The summed E-state index contributed by atoms with van der Waals surface area (Å²) < 4.78 is 32.2. The van der Waals surface area contributed by atoms with Crippen molar-refractivity contribution in [3.05, 3.63) is 29.8 Å². The fraction of sp³-hybridized carbons (Fsp3) is 0.474. The number of rotatable bonds is 9. The topological polar surface area (TPSA) is 171 Å². The Morgan fingerprint density at radius 2 is 1.88 bits per heavy atom. The van der Waals surface area contributed by atoms with Gasteiger partial charge in [0.05, 0.1) is 12.1 Å². The third-order valence-corrected chi connectivity index (χ3v) is 7.68. The first kappa shape index (κ1) is 24.8. The summed E-state index contributed by atoms with van der Waals surface area (Å²) in [6, 6.07) is 4.24. The molecule has 0 bridgehead atoms. The predicted octanol–water partition coefficient (Wildman–Crippen LogP) is -0.720. The molecule has 12 nitrogen and oxygen atoms in total. The van der Waals surface area contributed by atoms with Crippen LogP contribution in [0.15, 0.2) is 24.3 Å². The number of carboxylic acids is 1. The molecule has 3 amide bonds. The van der Waals surface area contributed by atoms with Gasteiger partial charge in [0.15, 0.2) is 0 Å². The first-order valence-electron chi connectivity index (χ1n) is 9.78. The number of ether oxygens (including phenoxy) is 1. The molecule has 3 rings (SSSR count). The Kier molecular flexibility index (Phi) is 6.91. The largest absolute Gasteiger partial charge is 0.480 e. The predicted molar refractivity (Wildman–Crippen MR) is 118 cm³/mol. The molecule has 1 aromatic rings. The second-order valence-electron chi connectivity index (χ2n) is 8.04. The summed E-state index contributed by atoms with van der Waals surface area (Å²) >= 11 is 1.30. The smallest absolute Gasteiger partial charge is 0.327 e. The van der Waals surface area contributed by atoms with E-state index in [2.05, 4.69) is 14.8 Å². The van der Waals surface area contributed by atoms with E-state index in [0.29, 0.717) is 5.56 Å². The van der Waals surface area contributed by atoms with Gasteiger partial charge in [-0.2, -0.15) is 8.42 Å². The average molecular weight is 501 g/mol. The number of carboxylic acid groups (broad SMARTS) is 1. The molecule has 14 heteroatoms. The van der Waals surface area contributed by atoms with Crippen LogP contribution in [0.25, 0.3) is 0 Å². The lowest BCUT2D eigenvalue weighted by Crippen LogP contribution is -2.70. The van der Waals surface area contributed by atoms with Crippen LogP contribution >= 0.6 is 11.8 Å². The molecule has 1 unspecified atom stereocenters. The number of benzene rings is 1. The molecule has 0 spiro atoms. The molecule has 0 aromatic heterocycles. The van der Waals surface area contributed by atoms with Crippen LogP contribution in [0.1, 0.15) is 19.4 Å². The highest BCUT2D eigenvalue weighted by atomic mass is 32.2. The fourth-order valence-electron chi connectivity index (χ4n) is 3.80. The van der Waals surface area contributed by atoms with Gasteiger partial charge in [0.2, 0.25) is 11.8 Å². The number of nitrogens with zero attached hydrogens (tertiary/aromatic N) is 1. The number of thioether (sulfide) groups is 1. The van der Waals surface area contributed by atoms with E-state index < -0.39 is 62.7 Å². The third-order valence-electron chi connectivity index (χ3n) is 5.13. The summed E-state index contributed by atoms with van der Waals surface area (Å²) in [7, 11) is -3.02. The molecule has 2 fully saturated rings. The summed E-state index contributed by atoms with van der Waals surface area (Å²) in [6.45, 7) is 3.01. The minimum absolute atomic E-state index is 0.0780. The van der Waals surface area contributed by atoms with Crippen LogP contribution in [0, 0.1) is 0 Å². The monoisotopic (exact) mass is 500 g/mol. The van der Waals surface area contributed by atoms with Crippen LogP contribution in [0.2, 0.25) is 0 Å². The van der Waals surface area contributed by atoms with E-state index in [-0.39, 0.29) is 12.1 Å². The number of carbonyl (C=O) groups excluding carboxylic acids is 3. The SMILES string of the molecule is COCC(=O)NS(=O)(=O)Nc1ccccc1CC(=O)NC1C(=O)N2[C@@H]1SC(C)(C)[C@@H]2C(=O)O. The lowest BCUT2D eigenvalue weighted by Gasteiger charge is -2.43. The van der Waals surface area contributed by atoms with Crippen molar-refractivity contribution in [2.45, 2.75) is 42.5 Å². The number of amides is 3. The van der Waals surface area contributed by atoms with Gasteiger partial charge >= 0.3 is 16.2 Å². The van der Waals surface area contributed by atoms with Crippen LogP contribution in [-0.2, 0) is 40.5 Å². The molecule has 2 heterocycles. The third kappa shape index (κ3) is 5.23. The molecule has 3 atom stereocenters. The first-order chi connectivity index (χ1) is 15.4. The van der Waals surface area contributed by atoms with Gasteiger partial charge in [-0.1, -0.05) is 18.2 Å². The first-order valence-corrected chi connectivity index (χ1v) is 12.1. The van der Waals surface area contributed by atoms with Crippen molar-refractivity contribution in [1.82, 2.24) is 14.9 Å². The van der Waals surface area contributed by atoms with E-state index in [9.17, 15) is 32.7 Å². The van der Waals surface area contributed by atoms with Crippen LogP contribution in [0.5, 0.6) is 0 Å². The Labute approximate surface area is 194 Å². The minimum atomic E-state index is -4.26. The molecule has 33 heavy (non-hydrogen) atoms. The second kappa shape index (κ2) is 9.19. The molecular formula is C19H24N4O8S2. The quantitative estimate of drug-likeness (QED) is 0.319. The lowest BCUT2D eigenvalue weighted by molar-refractivity contribution is -0.161. The standard InChI is InChI=1S/C19H24N4O8S2/c1-19(2)15(18(27)28)23-16(26)14(17(23)32-19)20-12(24)8-10-6-4-5-7-11(10)21-33(29,30)22-13(25)9-31-3/h4-7,14-15,17,21H,8-9H2,1-3H3,(H,20,24)(H,22,25)(H,27,28)/t14?,15-,17+/m0/s1. The highest BCUT2D eigenvalue weighted by Gasteiger charge is 2.64. The van der Waals surface area contributed by atoms with E-state index in [1.54, 1.807) is 30.7 Å². The number of methoxy groups -OCH3 is 1. The van der Waals surface area contributed by atoms with Crippen molar-refractivity contribution in [3.8, 4) is 0 Å². The van der Waals surface area contributed by atoms with Crippen molar-refractivity contribution in [3.63, 3.8) is 0 Å². The fourth-order valence-corrected chi connectivity index (χ4v) is 6.32. The van der Waals surface area contributed by atoms with Gasteiger partial charge in [0.1, 0.15) is 24.1 Å². The number of carbonyl (C=O) groups is 4. The number of anilines is 1. The van der Waals surface area contributed by atoms with Gasteiger partial charge in [-0.05, 0) is 25.5 Å². The van der Waals surface area contributed by atoms with Gasteiger partial charge in [0.25, 0.3) is 5.91 Å². The maximum Gasteiger partial charge on any atom is 0.327 e. The van der Waals surface area contributed by atoms with E-state index in [4.69, 9.17) is 0 Å². The highest BCUT2D eigenvalue weighted by Crippen LogP contribution is 2.50. The van der Waals surface area contributed by atoms with Crippen LogP contribution in [0.3, 0.4) is 0 Å². The van der Waals surface area contributed by atoms with Crippen molar-refractivity contribution in [1.29, 1.82) is 0 Å². The molecule has 1 aromatic carbocycles. The van der Waals surface area contributed by atoms with Gasteiger partial charge in [-0.25, -0.2) is 9.52 Å². The van der Waals surface area contributed by atoms with Gasteiger partial charge < -0.3 is 20.1 Å². The van der Waals surface area contributed by atoms with Crippen LogP contribution in [-0.4, -0.2) is 78.0 Å². The number of β-lactam (4-membered cyclic amide) rings is 1. The lowest BCUT2D eigenvalue weighted by atomic mass is 9.96. The number of fused-ring (bicyclic) bond motifs is 1. The number of nitrogens with one attached hydrogen (secondary N) is 3. The van der Waals surface area contributed by atoms with E-state index in [1.807, 2.05) is 0 Å². The average Bonchev–Trinajstić information content (AvgIpc) is 2.95. The Morgan fingerprint density at radius 3 is 2.52 bits per heavy atom. The number of aliphatic carboxylic acids is 1. The molecule has 0 saturated carbocycles. The van der Waals surface area contributed by atoms with Crippen molar-refractivity contribution >= 4 is 51.3 Å². The van der Waals surface area contributed by atoms with Crippen LogP contribution < -0.4 is 14.8 Å². The zero-order chi connectivity index (χ0) is 24.6. The van der Waals surface area contributed by atoms with Crippen molar-refractivity contribution in [2.24, 2.45) is 0 Å². The van der Waals surface area contributed by atoms with Crippen molar-refractivity contribution < 1.29 is 37.4 Å². The molecule has 0 aliphatic carbocycles. The molecule has 4 N–H and O–H groups in total. The molecule has 180 valence electrons. The highest BCUT2D eigenvalue weighted by molar-refractivity contribution is 8.01. The van der Waals surface area contributed by atoms with E-state index in [0.717, 1.165) is 0 Å². The summed E-state index contributed by atoms with van der Waals surface area (Å²) in [5.74, 6) is -2.99. The zero-order valence-corrected chi connectivity index (χ0v) is 19.7. The molecule has 2 saturated heterocycles. The Bertz CT molecular complexity index is 1090. The van der Waals surface area contributed by atoms with Crippen molar-refractivity contribution in [2.75, 3.05) is 18.4 Å². The normalized spacial score (nSPS) is 23.3. The summed E-state index contributed by atoms with van der Waals surface area (Å²) in [5, 5.41) is 11.6. The number of para-hydroxylation sites is 1. The summed E-state index contributed by atoms with van der Waals surface area (Å²) in [6.07, 6.45) is -0.252. The summed E-state index contributed by atoms with van der Waals surface area (Å²) in [5.41, 5.74) is 0.389. The maximum absolute atomic E-state index is 12.6. The van der Waals surface area contributed by atoms with Gasteiger partial charge in [-0.3, -0.25) is 19.1 Å².